The Labute approximate surface area is 94.5 Å². The minimum absolute atomic E-state index is 0.490. The van der Waals surface area contributed by atoms with Gasteiger partial charge in [-0.3, -0.25) is 0 Å². The molecule has 4 nitrogen and oxygen atoms in total. The van der Waals surface area contributed by atoms with E-state index in [4.69, 9.17) is 4.74 Å². The fraction of sp³-hybridized carbons (Fsp3) is 0.700. The van der Waals surface area contributed by atoms with Gasteiger partial charge < -0.3 is 14.7 Å². The molecule has 86 valence electrons. The van der Waals surface area contributed by atoms with Gasteiger partial charge in [-0.25, -0.2) is 4.98 Å². The Hall–Kier alpha value is -0.650. The average molecular weight is 230 g/mol. The lowest BCUT2D eigenvalue weighted by atomic mass is 10.3. The fourth-order valence-corrected chi connectivity index (χ4v) is 1.99. The van der Waals surface area contributed by atoms with Crippen LogP contribution in [0.4, 0.5) is 5.13 Å². The van der Waals surface area contributed by atoms with E-state index in [0.717, 1.165) is 24.0 Å². The molecule has 0 saturated heterocycles. The first kappa shape index (κ1) is 12.4. The Morgan fingerprint density at radius 3 is 2.93 bits per heavy atom. The van der Waals surface area contributed by atoms with Gasteiger partial charge in [0, 0.05) is 25.6 Å². The van der Waals surface area contributed by atoms with E-state index in [1.165, 1.54) is 0 Å². The molecule has 1 heterocycles. The van der Waals surface area contributed by atoms with Crippen molar-refractivity contribution in [3.8, 4) is 0 Å². The van der Waals surface area contributed by atoms with E-state index >= 15 is 0 Å². The van der Waals surface area contributed by atoms with Crippen LogP contribution in [0.5, 0.6) is 0 Å². The summed E-state index contributed by atoms with van der Waals surface area (Å²) in [6.45, 7) is 5.97. The molecular weight excluding hydrogens is 212 g/mol. The van der Waals surface area contributed by atoms with Crippen LogP contribution in [0, 0.1) is 0 Å². The van der Waals surface area contributed by atoms with Crippen LogP contribution < -0.4 is 4.90 Å². The zero-order valence-corrected chi connectivity index (χ0v) is 10.3. The summed E-state index contributed by atoms with van der Waals surface area (Å²) in [7, 11) is 1.98. The number of aliphatic hydroxyl groups excluding tert-OH is 1. The number of hydrogen-bond donors (Lipinski definition) is 1. The van der Waals surface area contributed by atoms with Crippen molar-refractivity contribution in [2.75, 3.05) is 31.7 Å². The zero-order valence-electron chi connectivity index (χ0n) is 9.43. The van der Waals surface area contributed by atoms with Gasteiger partial charge in [-0.05, 0) is 13.8 Å². The smallest absolute Gasteiger partial charge is 0.185 e. The SMILES string of the molecule is CCOCCN(C)c1nc(C(C)O)cs1. The largest absolute Gasteiger partial charge is 0.387 e. The molecule has 0 aromatic carbocycles. The lowest BCUT2D eigenvalue weighted by Crippen LogP contribution is -2.22. The number of nitrogens with zero attached hydrogens (tertiary/aromatic N) is 2. The standard InChI is InChI=1S/C10H18N2O2S/c1-4-14-6-5-12(3)10-11-9(7-15-10)8(2)13/h7-8,13H,4-6H2,1-3H3. The summed E-state index contributed by atoms with van der Waals surface area (Å²) in [6, 6.07) is 0. The van der Waals surface area contributed by atoms with Crippen LogP contribution in [0.1, 0.15) is 25.6 Å². The molecule has 1 atom stereocenters. The molecule has 1 aromatic rings. The third-order valence-electron chi connectivity index (χ3n) is 2.04. The summed E-state index contributed by atoms with van der Waals surface area (Å²) >= 11 is 1.54. The molecule has 1 rings (SSSR count). The Bertz CT molecular complexity index is 289. The van der Waals surface area contributed by atoms with Gasteiger partial charge in [-0.1, -0.05) is 0 Å². The number of rotatable bonds is 6. The summed E-state index contributed by atoms with van der Waals surface area (Å²) in [5, 5.41) is 12.1. The summed E-state index contributed by atoms with van der Waals surface area (Å²) in [5.74, 6) is 0. The van der Waals surface area contributed by atoms with E-state index in [-0.39, 0.29) is 0 Å². The van der Waals surface area contributed by atoms with Crippen LogP contribution in [0.2, 0.25) is 0 Å². The van der Waals surface area contributed by atoms with Gasteiger partial charge in [-0.2, -0.15) is 0 Å². The molecule has 1 unspecified atom stereocenters. The van der Waals surface area contributed by atoms with Gasteiger partial charge in [0.15, 0.2) is 5.13 Å². The van der Waals surface area contributed by atoms with Gasteiger partial charge >= 0.3 is 0 Å². The number of likely N-dealkylation sites (N-methyl/N-ethyl adjacent to an activating group) is 1. The minimum atomic E-state index is -0.490. The van der Waals surface area contributed by atoms with Crippen molar-refractivity contribution < 1.29 is 9.84 Å². The second kappa shape index (κ2) is 6.05. The topological polar surface area (TPSA) is 45.6 Å². The Kier molecular flexibility index (Phi) is 5.01. The van der Waals surface area contributed by atoms with Crippen molar-refractivity contribution in [3.05, 3.63) is 11.1 Å². The highest BCUT2D eigenvalue weighted by molar-refractivity contribution is 7.13. The molecule has 1 aromatic heterocycles. The predicted octanol–water partition coefficient (Wildman–Crippen LogP) is 1.67. The number of thiazole rings is 1. The number of aliphatic hydroxyl groups is 1. The van der Waals surface area contributed by atoms with Crippen LogP contribution in [0.15, 0.2) is 5.38 Å². The van der Waals surface area contributed by atoms with Crippen LogP contribution in [-0.4, -0.2) is 36.9 Å². The molecule has 0 saturated carbocycles. The third-order valence-corrected chi connectivity index (χ3v) is 3.01. The third kappa shape index (κ3) is 3.77. The van der Waals surface area contributed by atoms with Crippen molar-refractivity contribution in [2.45, 2.75) is 20.0 Å². The number of ether oxygens (including phenoxy) is 1. The molecule has 1 N–H and O–H groups in total. The van der Waals surface area contributed by atoms with Crippen molar-refractivity contribution in [1.29, 1.82) is 0 Å². The average Bonchev–Trinajstić information content (AvgIpc) is 2.66. The molecule has 0 fully saturated rings. The van der Waals surface area contributed by atoms with Crippen LogP contribution in [0.25, 0.3) is 0 Å². The number of anilines is 1. The van der Waals surface area contributed by atoms with Gasteiger partial charge in [0.1, 0.15) is 0 Å². The van der Waals surface area contributed by atoms with Crippen molar-refractivity contribution in [2.24, 2.45) is 0 Å². The Morgan fingerprint density at radius 2 is 2.40 bits per heavy atom. The highest BCUT2D eigenvalue weighted by Gasteiger charge is 2.09. The summed E-state index contributed by atoms with van der Waals surface area (Å²) in [5.41, 5.74) is 0.734. The molecule has 0 bridgehead atoms. The van der Waals surface area contributed by atoms with Crippen molar-refractivity contribution in [3.63, 3.8) is 0 Å². The normalized spacial score (nSPS) is 12.8. The van der Waals surface area contributed by atoms with Crippen LogP contribution in [0.3, 0.4) is 0 Å². The maximum atomic E-state index is 9.33. The second-order valence-corrected chi connectivity index (χ2v) is 4.19. The molecule has 0 aliphatic carbocycles. The fourth-order valence-electron chi connectivity index (χ4n) is 1.08. The lowest BCUT2D eigenvalue weighted by molar-refractivity contribution is 0.154. The quantitative estimate of drug-likeness (QED) is 0.755. The first-order valence-corrected chi connectivity index (χ1v) is 5.95. The van der Waals surface area contributed by atoms with E-state index in [1.807, 2.05) is 24.3 Å². The molecule has 0 spiro atoms. The molecule has 0 aliphatic heterocycles. The van der Waals surface area contributed by atoms with Crippen molar-refractivity contribution >= 4 is 16.5 Å². The van der Waals surface area contributed by atoms with E-state index in [0.29, 0.717) is 6.61 Å². The number of aromatic nitrogens is 1. The van der Waals surface area contributed by atoms with Gasteiger partial charge in [0.25, 0.3) is 0 Å². The summed E-state index contributed by atoms with van der Waals surface area (Å²) < 4.78 is 5.27. The van der Waals surface area contributed by atoms with E-state index in [2.05, 4.69) is 4.98 Å². The van der Waals surface area contributed by atoms with E-state index in [9.17, 15) is 5.11 Å². The lowest BCUT2D eigenvalue weighted by Gasteiger charge is -2.15. The summed E-state index contributed by atoms with van der Waals surface area (Å²) in [6.07, 6.45) is -0.490. The predicted molar refractivity (Wildman–Crippen MR) is 62.5 cm³/mol. The molecule has 0 amide bonds. The zero-order chi connectivity index (χ0) is 11.3. The molecule has 5 heteroatoms. The maximum absolute atomic E-state index is 9.33. The van der Waals surface area contributed by atoms with Crippen LogP contribution in [-0.2, 0) is 4.74 Å². The number of hydrogen-bond acceptors (Lipinski definition) is 5. The highest BCUT2D eigenvalue weighted by atomic mass is 32.1. The Morgan fingerprint density at radius 1 is 1.67 bits per heavy atom. The van der Waals surface area contributed by atoms with E-state index in [1.54, 1.807) is 18.3 Å². The second-order valence-electron chi connectivity index (χ2n) is 3.35. The van der Waals surface area contributed by atoms with E-state index < -0.39 is 6.10 Å². The highest BCUT2D eigenvalue weighted by Crippen LogP contribution is 2.22. The van der Waals surface area contributed by atoms with Crippen LogP contribution >= 0.6 is 11.3 Å². The molecule has 15 heavy (non-hydrogen) atoms. The monoisotopic (exact) mass is 230 g/mol. The molecular formula is C10H18N2O2S. The Balaban J connectivity index is 2.47. The minimum Gasteiger partial charge on any atom is -0.387 e. The maximum Gasteiger partial charge on any atom is 0.185 e. The molecule has 0 radical (unpaired) electrons. The van der Waals surface area contributed by atoms with Gasteiger partial charge in [0.2, 0.25) is 0 Å². The molecule has 0 aliphatic rings. The first-order valence-electron chi connectivity index (χ1n) is 5.07. The summed E-state index contributed by atoms with van der Waals surface area (Å²) in [4.78, 5) is 6.36. The van der Waals surface area contributed by atoms with Gasteiger partial charge in [-0.15, -0.1) is 11.3 Å². The van der Waals surface area contributed by atoms with Gasteiger partial charge in [0.05, 0.1) is 18.4 Å². The first-order chi connectivity index (χ1) is 7.15. The van der Waals surface area contributed by atoms with Crippen molar-refractivity contribution in [1.82, 2.24) is 4.98 Å².